The summed E-state index contributed by atoms with van der Waals surface area (Å²) in [7, 11) is 5.12. The minimum absolute atomic E-state index is 0. The lowest BCUT2D eigenvalue weighted by Gasteiger charge is -2.15. The van der Waals surface area contributed by atoms with E-state index in [1.165, 1.54) is 0 Å². The lowest BCUT2D eigenvalue weighted by atomic mass is 10.2. The molecule has 0 fully saturated rings. The molecule has 1 aromatic heterocycles. The van der Waals surface area contributed by atoms with Crippen molar-refractivity contribution in [2.24, 2.45) is 4.99 Å². The van der Waals surface area contributed by atoms with Gasteiger partial charge in [-0.25, -0.2) is 4.99 Å². The first-order valence-corrected chi connectivity index (χ1v) is 9.75. The van der Waals surface area contributed by atoms with Gasteiger partial charge in [-0.15, -0.1) is 24.0 Å². The van der Waals surface area contributed by atoms with Gasteiger partial charge in [-0.05, 0) is 44.0 Å². The van der Waals surface area contributed by atoms with Gasteiger partial charge in [0.2, 0.25) is 5.91 Å². The van der Waals surface area contributed by atoms with Crippen molar-refractivity contribution in [3.63, 3.8) is 0 Å². The number of carbonyl (C=O) groups is 1. The van der Waals surface area contributed by atoms with Crippen LogP contribution in [0.5, 0.6) is 5.75 Å². The molecule has 9 heteroatoms. The fraction of sp³-hybridized carbons (Fsp3) is 0.476. The molecule has 0 aliphatic heterocycles. The van der Waals surface area contributed by atoms with Gasteiger partial charge in [0.05, 0.1) is 25.9 Å². The summed E-state index contributed by atoms with van der Waals surface area (Å²) in [6.07, 6.45) is 0.896. The number of nitrogens with zero attached hydrogens (tertiary/aromatic N) is 4. The molecule has 0 aliphatic rings. The fourth-order valence-electron chi connectivity index (χ4n) is 2.73. The van der Waals surface area contributed by atoms with Crippen molar-refractivity contribution in [1.29, 1.82) is 0 Å². The van der Waals surface area contributed by atoms with Crippen molar-refractivity contribution >= 4 is 35.8 Å². The number of hydrogen-bond acceptors (Lipinski definition) is 4. The first kappa shape index (κ1) is 25.7. The number of nitrogens with one attached hydrogen (secondary N) is 2. The highest BCUT2D eigenvalue weighted by Crippen LogP contribution is 2.11. The maximum atomic E-state index is 11.9. The number of aryl methyl sites for hydroxylation is 3. The van der Waals surface area contributed by atoms with Crippen molar-refractivity contribution in [2.75, 3.05) is 34.3 Å². The highest BCUT2D eigenvalue weighted by atomic mass is 127. The van der Waals surface area contributed by atoms with Crippen LogP contribution in [0.15, 0.2) is 35.3 Å². The number of carbonyl (C=O) groups excluding carboxylic acids is 1. The van der Waals surface area contributed by atoms with Crippen LogP contribution in [0.1, 0.15) is 23.4 Å². The van der Waals surface area contributed by atoms with Crippen molar-refractivity contribution in [3.8, 4) is 5.75 Å². The Morgan fingerprint density at radius 2 is 1.90 bits per heavy atom. The average molecular weight is 528 g/mol. The van der Waals surface area contributed by atoms with E-state index in [4.69, 9.17) is 4.74 Å². The molecular formula is C21H33IN6O2. The number of halogens is 1. The largest absolute Gasteiger partial charge is 0.497 e. The van der Waals surface area contributed by atoms with E-state index in [-0.39, 0.29) is 36.4 Å². The molecule has 2 N–H and O–H groups in total. The summed E-state index contributed by atoms with van der Waals surface area (Å²) in [6.45, 7) is 6.31. The molecule has 0 atom stereocenters. The smallest absolute Gasteiger partial charge is 0.241 e. The Balaban J connectivity index is 0.00000450. The van der Waals surface area contributed by atoms with Crippen LogP contribution >= 0.6 is 24.0 Å². The highest BCUT2D eigenvalue weighted by molar-refractivity contribution is 14.0. The van der Waals surface area contributed by atoms with Crippen molar-refractivity contribution in [1.82, 2.24) is 25.3 Å². The van der Waals surface area contributed by atoms with E-state index in [1.54, 1.807) is 26.1 Å². The molecular weight excluding hydrogens is 495 g/mol. The first-order chi connectivity index (χ1) is 13.9. The molecule has 30 heavy (non-hydrogen) atoms. The number of guanidine groups is 1. The number of aliphatic imine (C=N–C) groups is 1. The number of amides is 1. The monoisotopic (exact) mass is 528 g/mol. The van der Waals surface area contributed by atoms with Gasteiger partial charge >= 0.3 is 0 Å². The Morgan fingerprint density at radius 1 is 1.20 bits per heavy atom. The molecule has 2 rings (SSSR count). The van der Waals surface area contributed by atoms with Crippen LogP contribution in [-0.4, -0.2) is 60.8 Å². The number of benzene rings is 1. The van der Waals surface area contributed by atoms with Gasteiger partial charge in [0.25, 0.3) is 0 Å². The van der Waals surface area contributed by atoms with Gasteiger partial charge in [-0.3, -0.25) is 9.48 Å². The normalized spacial score (nSPS) is 10.9. The molecule has 1 aromatic carbocycles. The molecule has 1 heterocycles. The third kappa shape index (κ3) is 8.60. The summed E-state index contributed by atoms with van der Waals surface area (Å²) >= 11 is 0. The quantitative estimate of drug-likeness (QED) is 0.226. The summed E-state index contributed by atoms with van der Waals surface area (Å²) in [5, 5.41) is 10.9. The van der Waals surface area contributed by atoms with Crippen LogP contribution in [-0.2, 0) is 17.9 Å². The van der Waals surface area contributed by atoms with Crippen molar-refractivity contribution in [3.05, 3.63) is 47.3 Å². The van der Waals surface area contributed by atoms with Gasteiger partial charge in [-0.1, -0.05) is 12.1 Å². The molecule has 0 saturated heterocycles. The van der Waals surface area contributed by atoms with E-state index in [1.807, 2.05) is 35.9 Å². The minimum atomic E-state index is -0.00779. The van der Waals surface area contributed by atoms with Gasteiger partial charge in [0.1, 0.15) is 5.75 Å². The molecule has 0 spiro atoms. The molecule has 2 aromatic rings. The second kappa shape index (κ2) is 13.1. The second-order valence-electron chi connectivity index (χ2n) is 7.09. The summed E-state index contributed by atoms with van der Waals surface area (Å²) in [6, 6.07) is 9.86. The van der Waals surface area contributed by atoms with E-state index in [9.17, 15) is 4.79 Å². The molecule has 1 amide bonds. The Labute approximate surface area is 196 Å². The molecule has 0 unspecified atom stereocenters. The van der Waals surface area contributed by atoms with E-state index in [0.29, 0.717) is 12.5 Å². The Hall–Kier alpha value is -2.30. The van der Waals surface area contributed by atoms with Crippen LogP contribution in [0, 0.1) is 13.8 Å². The van der Waals surface area contributed by atoms with Gasteiger partial charge in [0, 0.05) is 32.9 Å². The van der Waals surface area contributed by atoms with Crippen molar-refractivity contribution < 1.29 is 9.53 Å². The summed E-state index contributed by atoms with van der Waals surface area (Å²) in [4.78, 5) is 18.1. The molecule has 8 nitrogen and oxygen atoms in total. The van der Waals surface area contributed by atoms with Crippen LogP contribution in [0.3, 0.4) is 0 Å². The third-order valence-electron chi connectivity index (χ3n) is 4.43. The van der Waals surface area contributed by atoms with Crippen LogP contribution in [0.2, 0.25) is 0 Å². The first-order valence-electron chi connectivity index (χ1n) is 9.75. The number of aromatic nitrogens is 2. The fourth-order valence-corrected chi connectivity index (χ4v) is 2.73. The SMILES string of the molecule is COc1ccc(CN=C(NCCCn2nc(C)cc2C)NCC(=O)N(C)C)cc1.I. The maximum Gasteiger partial charge on any atom is 0.241 e. The molecule has 0 aliphatic carbocycles. The number of hydrogen-bond donors (Lipinski definition) is 2. The lowest BCUT2D eigenvalue weighted by molar-refractivity contribution is -0.127. The van der Waals surface area contributed by atoms with Crippen LogP contribution in [0.25, 0.3) is 0 Å². The summed E-state index contributed by atoms with van der Waals surface area (Å²) in [5.41, 5.74) is 3.25. The van der Waals surface area contributed by atoms with E-state index in [0.717, 1.165) is 42.2 Å². The number of rotatable bonds is 9. The zero-order chi connectivity index (χ0) is 21.2. The lowest BCUT2D eigenvalue weighted by Crippen LogP contribution is -2.43. The standard InChI is InChI=1S/C21H32N6O2.HI/c1-16-13-17(2)27(25-16)12-6-11-22-21(24-15-20(28)26(3)4)23-14-18-7-9-19(29-5)10-8-18;/h7-10,13H,6,11-12,14-15H2,1-5H3,(H2,22,23,24);1H. The molecule has 0 radical (unpaired) electrons. The molecule has 166 valence electrons. The van der Waals surface area contributed by atoms with E-state index < -0.39 is 0 Å². The van der Waals surface area contributed by atoms with Gasteiger partial charge in [0.15, 0.2) is 5.96 Å². The zero-order valence-corrected chi connectivity index (χ0v) is 20.8. The topological polar surface area (TPSA) is 83.8 Å². The maximum absolute atomic E-state index is 11.9. The highest BCUT2D eigenvalue weighted by Gasteiger charge is 2.06. The number of methoxy groups -OCH3 is 1. The van der Waals surface area contributed by atoms with Gasteiger partial charge < -0.3 is 20.3 Å². The predicted molar refractivity (Wildman–Crippen MR) is 131 cm³/mol. The third-order valence-corrected chi connectivity index (χ3v) is 4.43. The summed E-state index contributed by atoms with van der Waals surface area (Å²) < 4.78 is 7.19. The van der Waals surface area contributed by atoms with Gasteiger partial charge in [-0.2, -0.15) is 5.10 Å². The Kier molecular flexibility index (Phi) is 11.2. The summed E-state index contributed by atoms with van der Waals surface area (Å²) in [5.74, 6) is 1.42. The Morgan fingerprint density at radius 3 is 2.47 bits per heavy atom. The average Bonchev–Trinajstić information content (AvgIpc) is 3.03. The zero-order valence-electron chi connectivity index (χ0n) is 18.4. The minimum Gasteiger partial charge on any atom is -0.497 e. The Bertz CT molecular complexity index is 817. The van der Waals surface area contributed by atoms with Crippen molar-refractivity contribution in [2.45, 2.75) is 33.4 Å². The van der Waals surface area contributed by atoms with E-state index >= 15 is 0 Å². The predicted octanol–water partition coefficient (Wildman–Crippen LogP) is 2.34. The van der Waals surface area contributed by atoms with Crippen LogP contribution < -0.4 is 15.4 Å². The number of likely N-dealkylation sites (N-methyl/N-ethyl adjacent to an activating group) is 1. The van der Waals surface area contributed by atoms with E-state index in [2.05, 4.69) is 33.7 Å². The van der Waals surface area contributed by atoms with Crippen LogP contribution in [0.4, 0.5) is 0 Å². The molecule has 0 saturated carbocycles. The molecule has 0 bridgehead atoms. The second-order valence-corrected chi connectivity index (χ2v) is 7.09. The number of ether oxygens (including phenoxy) is 1.